The van der Waals surface area contributed by atoms with Gasteiger partial charge in [0, 0.05) is 0 Å². The van der Waals surface area contributed by atoms with Crippen molar-refractivity contribution in [2.45, 2.75) is 31.0 Å². The molecule has 3 nitrogen and oxygen atoms in total. The summed E-state index contributed by atoms with van der Waals surface area (Å²) in [5.74, 6) is -0.120. The molecule has 0 bridgehead atoms. The van der Waals surface area contributed by atoms with Gasteiger partial charge in [0.05, 0.1) is 5.92 Å². The van der Waals surface area contributed by atoms with Crippen LogP contribution >= 0.6 is 0 Å². The zero-order valence-corrected chi connectivity index (χ0v) is 7.36. The third-order valence-corrected chi connectivity index (χ3v) is 2.98. The van der Waals surface area contributed by atoms with Crippen LogP contribution in [0.15, 0.2) is 12.7 Å². The summed E-state index contributed by atoms with van der Waals surface area (Å²) in [7, 11) is 0. The zero-order chi connectivity index (χ0) is 9.47. The quantitative estimate of drug-likeness (QED) is 0.368. The fraction of sp³-hybridized carbons (Fsp3) is 0.600. The number of aldehydes is 1. The highest BCUT2D eigenvalue weighted by Gasteiger charge is 2.62. The normalized spacial score (nSPS) is 41.8. The standard InChI is InChI=1S/C10H12O3/c1-2-8(12)7-4-3-5-10(6-11)9(7)13-10/h2,6-7,9H,1,3-5H2. The summed E-state index contributed by atoms with van der Waals surface area (Å²) in [5, 5.41) is 0. The van der Waals surface area contributed by atoms with Crippen LogP contribution in [0.25, 0.3) is 0 Å². The highest BCUT2D eigenvalue weighted by molar-refractivity contribution is 5.93. The number of ketones is 1. The van der Waals surface area contributed by atoms with E-state index in [4.69, 9.17) is 4.74 Å². The van der Waals surface area contributed by atoms with Gasteiger partial charge in [-0.15, -0.1) is 0 Å². The van der Waals surface area contributed by atoms with Crippen LogP contribution in [-0.4, -0.2) is 23.8 Å². The van der Waals surface area contributed by atoms with Crippen molar-refractivity contribution in [2.75, 3.05) is 0 Å². The van der Waals surface area contributed by atoms with Gasteiger partial charge in [-0.1, -0.05) is 6.58 Å². The maximum Gasteiger partial charge on any atom is 0.160 e. The van der Waals surface area contributed by atoms with Crippen LogP contribution in [0.5, 0.6) is 0 Å². The van der Waals surface area contributed by atoms with E-state index in [2.05, 4.69) is 6.58 Å². The van der Waals surface area contributed by atoms with Gasteiger partial charge in [0.15, 0.2) is 17.7 Å². The van der Waals surface area contributed by atoms with Gasteiger partial charge in [-0.3, -0.25) is 4.79 Å². The van der Waals surface area contributed by atoms with E-state index in [0.717, 1.165) is 25.5 Å². The predicted octanol–water partition coefficient (Wildman–Crippen LogP) is 0.878. The van der Waals surface area contributed by atoms with Crippen molar-refractivity contribution in [1.82, 2.24) is 0 Å². The van der Waals surface area contributed by atoms with Gasteiger partial charge >= 0.3 is 0 Å². The molecule has 70 valence electrons. The van der Waals surface area contributed by atoms with Crippen molar-refractivity contribution in [2.24, 2.45) is 5.92 Å². The Bertz CT molecular complexity index is 271. The summed E-state index contributed by atoms with van der Waals surface area (Å²) in [6.45, 7) is 3.44. The van der Waals surface area contributed by atoms with E-state index in [1.54, 1.807) is 0 Å². The fourth-order valence-corrected chi connectivity index (χ4v) is 2.17. The topological polar surface area (TPSA) is 46.7 Å². The maximum atomic E-state index is 11.3. The minimum absolute atomic E-state index is 0.00780. The smallest absolute Gasteiger partial charge is 0.160 e. The van der Waals surface area contributed by atoms with Crippen LogP contribution < -0.4 is 0 Å². The molecule has 0 amide bonds. The lowest BCUT2D eigenvalue weighted by molar-refractivity contribution is -0.119. The van der Waals surface area contributed by atoms with Gasteiger partial charge in [-0.2, -0.15) is 0 Å². The number of ether oxygens (including phenoxy) is 1. The van der Waals surface area contributed by atoms with E-state index in [0.29, 0.717) is 0 Å². The van der Waals surface area contributed by atoms with E-state index in [-0.39, 0.29) is 17.8 Å². The lowest BCUT2D eigenvalue weighted by Gasteiger charge is -2.18. The molecule has 1 saturated carbocycles. The summed E-state index contributed by atoms with van der Waals surface area (Å²) in [5.41, 5.74) is -0.610. The summed E-state index contributed by atoms with van der Waals surface area (Å²) in [4.78, 5) is 22.1. The van der Waals surface area contributed by atoms with Gasteiger partial charge in [-0.25, -0.2) is 0 Å². The van der Waals surface area contributed by atoms with E-state index in [1.165, 1.54) is 6.08 Å². The second-order valence-electron chi connectivity index (χ2n) is 3.72. The molecule has 0 radical (unpaired) electrons. The number of hydrogen-bond acceptors (Lipinski definition) is 3. The SMILES string of the molecule is C=CC(=O)C1CCCC2(C=O)OC12. The minimum Gasteiger partial charge on any atom is -0.357 e. The fourth-order valence-electron chi connectivity index (χ4n) is 2.17. The molecule has 1 saturated heterocycles. The first kappa shape index (κ1) is 8.63. The zero-order valence-electron chi connectivity index (χ0n) is 7.36. The molecule has 3 heteroatoms. The number of carbonyl (C=O) groups excluding carboxylic acids is 2. The van der Waals surface area contributed by atoms with Crippen LogP contribution in [0.3, 0.4) is 0 Å². The van der Waals surface area contributed by atoms with Crippen LogP contribution in [0.4, 0.5) is 0 Å². The highest BCUT2D eigenvalue weighted by atomic mass is 16.6. The Morgan fingerprint density at radius 1 is 1.62 bits per heavy atom. The molecule has 0 aromatic rings. The van der Waals surface area contributed by atoms with Crippen molar-refractivity contribution in [3.63, 3.8) is 0 Å². The van der Waals surface area contributed by atoms with E-state index in [9.17, 15) is 9.59 Å². The molecule has 3 unspecified atom stereocenters. The molecular formula is C10H12O3. The number of allylic oxidation sites excluding steroid dienone is 1. The Kier molecular flexibility index (Phi) is 1.84. The Morgan fingerprint density at radius 3 is 3.00 bits per heavy atom. The molecule has 1 heterocycles. The van der Waals surface area contributed by atoms with Crippen molar-refractivity contribution in [3.8, 4) is 0 Å². The maximum absolute atomic E-state index is 11.3. The molecule has 2 rings (SSSR count). The summed E-state index contributed by atoms with van der Waals surface area (Å²) < 4.78 is 5.31. The van der Waals surface area contributed by atoms with Gasteiger partial charge < -0.3 is 9.53 Å². The number of epoxide rings is 1. The second kappa shape index (κ2) is 2.77. The first-order valence-corrected chi connectivity index (χ1v) is 4.54. The molecule has 2 fully saturated rings. The minimum atomic E-state index is -0.610. The van der Waals surface area contributed by atoms with Gasteiger partial charge in [0.1, 0.15) is 6.10 Å². The molecule has 3 atom stereocenters. The van der Waals surface area contributed by atoms with Crippen LogP contribution in [0.2, 0.25) is 0 Å². The predicted molar refractivity (Wildman–Crippen MR) is 46.2 cm³/mol. The van der Waals surface area contributed by atoms with E-state index in [1.807, 2.05) is 0 Å². The van der Waals surface area contributed by atoms with Gasteiger partial charge in [0.2, 0.25) is 0 Å². The number of fused-ring (bicyclic) bond motifs is 1. The lowest BCUT2D eigenvalue weighted by Crippen LogP contribution is -2.31. The molecule has 0 N–H and O–H groups in total. The average molecular weight is 180 g/mol. The van der Waals surface area contributed by atoms with Crippen molar-refractivity contribution in [1.29, 1.82) is 0 Å². The van der Waals surface area contributed by atoms with Crippen molar-refractivity contribution < 1.29 is 14.3 Å². The molecular weight excluding hydrogens is 168 g/mol. The molecule has 1 aliphatic heterocycles. The highest BCUT2D eigenvalue weighted by Crippen LogP contribution is 2.49. The summed E-state index contributed by atoms with van der Waals surface area (Å²) in [6, 6.07) is 0. The number of rotatable bonds is 3. The summed E-state index contributed by atoms with van der Waals surface area (Å²) in [6.07, 6.45) is 4.49. The first-order valence-electron chi connectivity index (χ1n) is 4.54. The summed E-state index contributed by atoms with van der Waals surface area (Å²) >= 11 is 0. The molecule has 0 aromatic carbocycles. The third kappa shape index (κ3) is 1.15. The second-order valence-corrected chi connectivity index (χ2v) is 3.72. The number of carbonyl (C=O) groups is 2. The van der Waals surface area contributed by atoms with Crippen LogP contribution in [0, 0.1) is 5.92 Å². The Hall–Kier alpha value is -0.960. The van der Waals surface area contributed by atoms with Crippen LogP contribution in [-0.2, 0) is 14.3 Å². The largest absolute Gasteiger partial charge is 0.357 e. The van der Waals surface area contributed by atoms with Gasteiger partial charge in [-0.05, 0) is 25.3 Å². The lowest BCUT2D eigenvalue weighted by atomic mass is 9.80. The van der Waals surface area contributed by atoms with Crippen molar-refractivity contribution >= 4 is 12.1 Å². The number of hydrogen-bond donors (Lipinski definition) is 0. The monoisotopic (exact) mass is 180 g/mol. The molecule has 0 aromatic heterocycles. The van der Waals surface area contributed by atoms with Crippen LogP contribution in [0.1, 0.15) is 19.3 Å². The molecule has 0 spiro atoms. The molecule has 2 aliphatic rings. The van der Waals surface area contributed by atoms with E-state index < -0.39 is 5.60 Å². The average Bonchev–Trinajstić information content (AvgIpc) is 2.91. The Balaban J connectivity index is 2.12. The Labute approximate surface area is 76.8 Å². The van der Waals surface area contributed by atoms with Crippen molar-refractivity contribution in [3.05, 3.63) is 12.7 Å². The van der Waals surface area contributed by atoms with E-state index >= 15 is 0 Å². The third-order valence-electron chi connectivity index (χ3n) is 2.98. The molecule has 1 aliphatic carbocycles. The molecule has 13 heavy (non-hydrogen) atoms. The Morgan fingerprint density at radius 2 is 2.38 bits per heavy atom. The van der Waals surface area contributed by atoms with Gasteiger partial charge in [0.25, 0.3) is 0 Å². The first-order chi connectivity index (χ1) is 6.23.